The van der Waals surface area contributed by atoms with Crippen LogP contribution in [0.15, 0.2) is 158 Å². The van der Waals surface area contributed by atoms with Gasteiger partial charge in [0.2, 0.25) is 0 Å². The van der Waals surface area contributed by atoms with E-state index < -0.39 is 0 Å². The Hall–Kier alpha value is -5.20. The molecule has 0 aromatic heterocycles. The molecule has 0 aliphatic heterocycles. The molecule has 0 unspecified atom stereocenters. The normalized spacial score (nSPS) is 12.4. The largest absolute Gasteiger partial charge is 0.0619 e. The fraction of sp³-hybridized carbons (Fsp3) is 0.0698. The highest BCUT2D eigenvalue weighted by molar-refractivity contribution is 5.85. The Kier molecular flexibility index (Phi) is 6.46. The van der Waals surface area contributed by atoms with Crippen LogP contribution in [0.2, 0.25) is 0 Å². The molecule has 0 bridgehead atoms. The maximum absolute atomic E-state index is 2.43. The van der Waals surface area contributed by atoms with E-state index in [1.54, 1.807) is 0 Å². The fourth-order valence-electron chi connectivity index (χ4n) is 6.98. The van der Waals surface area contributed by atoms with Gasteiger partial charge in [0.1, 0.15) is 0 Å². The summed E-state index contributed by atoms with van der Waals surface area (Å²) in [4.78, 5) is 0. The van der Waals surface area contributed by atoms with E-state index in [1.807, 2.05) is 0 Å². The van der Waals surface area contributed by atoms with Gasteiger partial charge in [-0.3, -0.25) is 0 Å². The van der Waals surface area contributed by atoms with Gasteiger partial charge in [-0.15, -0.1) is 0 Å². The molecule has 204 valence electrons. The molecule has 0 heteroatoms. The number of hydrogen-bond acceptors (Lipinski definition) is 0. The lowest BCUT2D eigenvalue weighted by atomic mass is 9.98. The maximum atomic E-state index is 2.43. The lowest BCUT2D eigenvalue weighted by Crippen LogP contribution is -1.85. The summed E-state index contributed by atoms with van der Waals surface area (Å²) in [6.45, 7) is 0. The number of hydrogen-bond donors (Lipinski definition) is 0. The van der Waals surface area contributed by atoms with Gasteiger partial charge in [-0.25, -0.2) is 0 Å². The van der Waals surface area contributed by atoms with Crippen LogP contribution in [-0.2, 0) is 19.3 Å². The van der Waals surface area contributed by atoms with E-state index in [1.165, 1.54) is 77.5 Å². The highest BCUT2D eigenvalue weighted by atomic mass is 14.3. The highest BCUT2D eigenvalue weighted by Crippen LogP contribution is 2.44. The minimum absolute atomic E-state index is 1.08. The first kappa shape index (κ1) is 25.5. The van der Waals surface area contributed by atoms with Crippen LogP contribution in [0.5, 0.6) is 0 Å². The van der Waals surface area contributed by atoms with Crippen LogP contribution in [-0.4, -0.2) is 0 Å². The summed E-state index contributed by atoms with van der Waals surface area (Å²) in [7, 11) is 0. The van der Waals surface area contributed by atoms with Crippen molar-refractivity contribution >= 4 is 10.8 Å². The zero-order valence-corrected chi connectivity index (χ0v) is 24.1. The number of rotatable bonds is 0. The molecule has 3 aliphatic carbocycles. The van der Waals surface area contributed by atoms with E-state index in [0.29, 0.717) is 0 Å². The summed E-state index contributed by atoms with van der Waals surface area (Å²) in [5.41, 5.74) is 17.4. The molecule has 7 aromatic rings. The Morgan fingerprint density at radius 2 is 0.488 bits per heavy atom. The summed E-state index contributed by atoms with van der Waals surface area (Å²) in [6, 6.07) is 56.5. The summed E-state index contributed by atoms with van der Waals surface area (Å²) >= 11 is 0. The van der Waals surface area contributed by atoms with Gasteiger partial charge in [-0.1, -0.05) is 146 Å². The molecule has 0 amide bonds. The summed E-state index contributed by atoms with van der Waals surface area (Å²) in [5.74, 6) is 0. The molecule has 0 saturated heterocycles. The molecule has 0 spiro atoms. The van der Waals surface area contributed by atoms with Crippen molar-refractivity contribution in [2.24, 2.45) is 0 Å². The third-order valence-corrected chi connectivity index (χ3v) is 9.07. The first-order valence-electron chi connectivity index (χ1n) is 15.2. The van der Waals surface area contributed by atoms with Gasteiger partial charge in [0.25, 0.3) is 0 Å². The lowest BCUT2D eigenvalue weighted by Gasteiger charge is -2.06. The second-order valence-corrected chi connectivity index (χ2v) is 11.7. The van der Waals surface area contributed by atoms with Gasteiger partial charge < -0.3 is 0 Å². The van der Waals surface area contributed by atoms with Gasteiger partial charge in [-0.2, -0.15) is 0 Å². The van der Waals surface area contributed by atoms with Crippen LogP contribution >= 0.6 is 0 Å². The second kappa shape index (κ2) is 10.9. The van der Waals surface area contributed by atoms with Crippen molar-refractivity contribution < 1.29 is 0 Å². The molecule has 0 heterocycles. The number of benzene rings is 7. The molecule has 0 saturated carbocycles. The summed E-state index contributed by atoms with van der Waals surface area (Å²) in [6.07, 6.45) is 3.27. The van der Waals surface area contributed by atoms with E-state index in [0.717, 1.165) is 19.3 Å². The Labute approximate surface area is 253 Å². The molecule has 3 aliphatic rings. The van der Waals surface area contributed by atoms with Gasteiger partial charge >= 0.3 is 0 Å². The van der Waals surface area contributed by atoms with Crippen molar-refractivity contribution in [3.05, 3.63) is 191 Å². The first-order chi connectivity index (χ1) is 21.3. The number of fused-ring (bicyclic) bond motifs is 10. The van der Waals surface area contributed by atoms with Gasteiger partial charge in [-0.05, 0) is 109 Å². The smallest absolute Gasteiger partial charge is 0.00132 e. The zero-order valence-electron chi connectivity index (χ0n) is 24.1. The Morgan fingerprint density at radius 1 is 0.233 bits per heavy atom. The third kappa shape index (κ3) is 4.76. The van der Waals surface area contributed by atoms with Crippen LogP contribution in [0.3, 0.4) is 0 Å². The van der Waals surface area contributed by atoms with Crippen LogP contribution in [0.4, 0.5) is 0 Å². The Bertz CT molecular complexity index is 1930. The molecule has 7 aromatic carbocycles. The van der Waals surface area contributed by atoms with Crippen molar-refractivity contribution in [1.82, 2.24) is 0 Å². The van der Waals surface area contributed by atoms with Crippen molar-refractivity contribution in [2.45, 2.75) is 19.3 Å². The molecular formula is C43H32. The molecule has 0 N–H and O–H groups in total. The minimum Gasteiger partial charge on any atom is -0.0619 e. The van der Waals surface area contributed by atoms with Crippen LogP contribution < -0.4 is 0 Å². The van der Waals surface area contributed by atoms with E-state index in [2.05, 4.69) is 158 Å². The van der Waals surface area contributed by atoms with Gasteiger partial charge in [0, 0.05) is 0 Å². The van der Waals surface area contributed by atoms with Crippen molar-refractivity contribution in [3.63, 3.8) is 0 Å². The van der Waals surface area contributed by atoms with E-state index in [-0.39, 0.29) is 0 Å². The predicted molar refractivity (Wildman–Crippen MR) is 182 cm³/mol. The zero-order chi connectivity index (χ0) is 28.6. The SMILES string of the molecule is c1ccc2c(c1)Cc1cc3c(cc1-2)Cc1ccccc1-3.c1ccc2c(c1)Cc1ccccc1-2.c1ccc2ccccc2c1. The monoisotopic (exact) mass is 548 g/mol. The maximum Gasteiger partial charge on any atom is -0.00132 e. The predicted octanol–water partition coefficient (Wildman–Crippen LogP) is 10.9. The summed E-state index contributed by atoms with van der Waals surface area (Å²) in [5, 5.41) is 2.62. The Morgan fingerprint density at radius 3 is 0.837 bits per heavy atom. The molecule has 0 nitrogen and oxygen atoms in total. The fourth-order valence-corrected chi connectivity index (χ4v) is 6.98. The second-order valence-electron chi connectivity index (χ2n) is 11.7. The van der Waals surface area contributed by atoms with Crippen molar-refractivity contribution in [1.29, 1.82) is 0 Å². The molecule has 0 fully saturated rings. The molecular weight excluding hydrogens is 516 g/mol. The summed E-state index contributed by atoms with van der Waals surface area (Å²) < 4.78 is 0. The quantitative estimate of drug-likeness (QED) is 0.177. The van der Waals surface area contributed by atoms with Crippen LogP contribution in [0.1, 0.15) is 33.4 Å². The average molecular weight is 549 g/mol. The first-order valence-corrected chi connectivity index (χ1v) is 15.2. The lowest BCUT2D eigenvalue weighted by molar-refractivity contribution is 1.24. The van der Waals surface area contributed by atoms with E-state index in [4.69, 9.17) is 0 Å². The molecule has 0 atom stereocenters. The Balaban J connectivity index is 0.000000104. The van der Waals surface area contributed by atoms with Crippen LogP contribution in [0, 0.1) is 0 Å². The van der Waals surface area contributed by atoms with Crippen molar-refractivity contribution in [3.8, 4) is 33.4 Å². The van der Waals surface area contributed by atoms with E-state index >= 15 is 0 Å². The third-order valence-electron chi connectivity index (χ3n) is 9.07. The topological polar surface area (TPSA) is 0 Å². The standard InChI is InChI=1S/C20H14.C13H10.C10H8/c1-3-7-17-13(5-1)9-15-11-20-16(12-19(15)17)10-14-6-2-4-8-18(14)20;1-3-7-12-10(5-1)9-11-6-2-4-8-13(11)12;1-2-6-10-8-4-3-7-9(10)5-1/h1-8,11-12H,9-10H2;1-8H,9H2;1-8H. The minimum atomic E-state index is 1.08. The molecule has 43 heavy (non-hydrogen) atoms. The molecule has 0 radical (unpaired) electrons. The van der Waals surface area contributed by atoms with E-state index in [9.17, 15) is 0 Å². The highest BCUT2D eigenvalue weighted by Gasteiger charge is 2.24. The van der Waals surface area contributed by atoms with Crippen LogP contribution in [0.25, 0.3) is 44.2 Å². The van der Waals surface area contributed by atoms with Crippen molar-refractivity contribution in [2.75, 3.05) is 0 Å². The average Bonchev–Trinajstić information content (AvgIpc) is 3.75. The molecule has 10 rings (SSSR count). The van der Waals surface area contributed by atoms with Gasteiger partial charge in [0.15, 0.2) is 0 Å². The van der Waals surface area contributed by atoms with Gasteiger partial charge in [0.05, 0.1) is 0 Å².